The Bertz CT molecular complexity index is 536. The van der Waals surface area contributed by atoms with E-state index in [1.54, 1.807) is 31.4 Å². The minimum Gasteiger partial charge on any atom is -0.437 e. The van der Waals surface area contributed by atoms with Crippen LogP contribution in [0.5, 0.6) is 11.6 Å². The van der Waals surface area contributed by atoms with Gasteiger partial charge in [-0.3, -0.25) is 0 Å². The number of hydrogen-bond donors (Lipinski definition) is 1. The van der Waals surface area contributed by atoms with Crippen LogP contribution in [0.15, 0.2) is 34.9 Å². The van der Waals surface area contributed by atoms with Gasteiger partial charge in [0.05, 0.1) is 5.02 Å². The third kappa shape index (κ3) is 3.08. The fourth-order valence-corrected chi connectivity index (χ4v) is 1.90. The molecule has 0 spiro atoms. The highest BCUT2D eigenvalue weighted by molar-refractivity contribution is 9.10. The summed E-state index contributed by atoms with van der Waals surface area (Å²) in [5.41, 5.74) is 0. The molecule has 0 radical (unpaired) electrons. The zero-order valence-corrected chi connectivity index (χ0v) is 11.3. The summed E-state index contributed by atoms with van der Waals surface area (Å²) in [5.74, 6) is 1.49. The molecule has 88 valence electrons. The number of hydrogen-bond acceptors (Lipinski definition) is 4. The van der Waals surface area contributed by atoms with E-state index in [1.807, 2.05) is 6.07 Å². The average Bonchev–Trinajstić information content (AvgIpc) is 2.33. The van der Waals surface area contributed by atoms with Crippen LogP contribution in [-0.4, -0.2) is 17.0 Å². The second kappa shape index (κ2) is 5.33. The molecule has 1 heterocycles. The third-order valence-corrected chi connectivity index (χ3v) is 2.75. The maximum absolute atomic E-state index is 6.04. The molecule has 0 aliphatic rings. The van der Waals surface area contributed by atoms with Gasteiger partial charge in [0.1, 0.15) is 5.75 Å². The van der Waals surface area contributed by atoms with Gasteiger partial charge in [0.2, 0.25) is 11.8 Å². The maximum atomic E-state index is 6.04. The molecule has 0 saturated heterocycles. The highest BCUT2D eigenvalue weighted by Crippen LogP contribution is 2.30. The molecule has 0 fully saturated rings. The predicted octanol–water partition coefficient (Wildman–Crippen LogP) is 3.73. The van der Waals surface area contributed by atoms with E-state index in [-0.39, 0.29) is 0 Å². The molecular weight excluding hydrogens is 305 g/mol. The number of ether oxygens (including phenoxy) is 1. The highest BCUT2D eigenvalue weighted by Gasteiger charge is 2.05. The summed E-state index contributed by atoms with van der Waals surface area (Å²) in [6, 6.07) is 7.05. The van der Waals surface area contributed by atoms with E-state index in [0.717, 1.165) is 4.47 Å². The van der Waals surface area contributed by atoms with Crippen LogP contribution in [0.3, 0.4) is 0 Å². The summed E-state index contributed by atoms with van der Waals surface area (Å²) in [6.07, 6.45) is 1.61. The number of nitrogens with one attached hydrogen (secondary N) is 1. The smallest absolute Gasteiger partial charge is 0.225 e. The molecule has 0 unspecified atom stereocenters. The van der Waals surface area contributed by atoms with Crippen LogP contribution in [0.4, 0.5) is 5.95 Å². The van der Waals surface area contributed by atoms with Crippen molar-refractivity contribution in [2.75, 3.05) is 12.4 Å². The zero-order chi connectivity index (χ0) is 12.3. The average molecular weight is 315 g/mol. The normalized spacial score (nSPS) is 10.1. The molecular formula is C11H9BrClN3O. The van der Waals surface area contributed by atoms with Gasteiger partial charge in [-0.2, -0.15) is 4.98 Å². The molecule has 6 heteroatoms. The summed E-state index contributed by atoms with van der Waals surface area (Å²) in [7, 11) is 1.74. The molecule has 2 rings (SSSR count). The molecule has 0 saturated carbocycles. The maximum Gasteiger partial charge on any atom is 0.225 e. The minimum absolute atomic E-state index is 0.438. The van der Waals surface area contributed by atoms with E-state index in [9.17, 15) is 0 Å². The fraction of sp³-hybridized carbons (Fsp3) is 0.0909. The van der Waals surface area contributed by atoms with Crippen LogP contribution in [0.2, 0.25) is 5.02 Å². The SMILES string of the molecule is CNc1nccc(Oc2ccc(Br)cc2Cl)n1. The third-order valence-electron chi connectivity index (χ3n) is 1.96. The molecule has 1 N–H and O–H groups in total. The van der Waals surface area contributed by atoms with Gasteiger partial charge >= 0.3 is 0 Å². The molecule has 1 aromatic carbocycles. The van der Waals surface area contributed by atoms with E-state index in [4.69, 9.17) is 16.3 Å². The Kier molecular flexibility index (Phi) is 3.81. The molecule has 0 bridgehead atoms. The second-order valence-electron chi connectivity index (χ2n) is 3.15. The van der Waals surface area contributed by atoms with Gasteiger partial charge in [-0.1, -0.05) is 27.5 Å². The Morgan fingerprint density at radius 1 is 1.35 bits per heavy atom. The van der Waals surface area contributed by atoms with Crippen molar-refractivity contribution in [3.05, 3.63) is 40.0 Å². The molecule has 0 aliphatic heterocycles. The monoisotopic (exact) mass is 313 g/mol. The van der Waals surface area contributed by atoms with E-state index in [0.29, 0.717) is 22.6 Å². The van der Waals surface area contributed by atoms with Crippen molar-refractivity contribution in [1.82, 2.24) is 9.97 Å². The molecule has 1 aromatic heterocycles. The van der Waals surface area contributed by atoms with Gasteiger partial charge < -0.3 is 10.1 Å². The van der Waals surface area contributed by atoms with E-state index < -0.39 is 0 Å². The molecule has 4 nitrogen and oxygen atoms in total. The van der Waals surface area contributed by atoms with Crippen molar-refractivity contribution in [2.45, 2.75) is 0 Å². The van der Waals surface area contributed by atoms with Gasteiger partial charge in [0, 0.05) is 23.8 Å². The first kappa shape index (κ1) is 12.1. The van der Waals surface area contributed by atoms with Gasteiger partial charge in [-0.15, -0.1) is 0 Å². The highest BCUT2D eigenvalue weighted by atomic mass is 79.9. The standard InChI is InChI=1S/C11H9BrClN3O/c1-14-11-15-5-4-10(16-11)17-9-3-2-7(12)6-8(9)13/h2-6H,1H3,(H,14,15,16). The number of halogens is 2. The summed E-state index contributed by atoms with van der Waals surface area (Å²) < 4.78 is 6.46. The fourth-order valence-electron chi connectivity index (χ4n) is 1.19. The summed E-state index contributed by atoms with van der Waals surface area (Å²) in [5, 5.41) is 3.35. The van der Waals surface area contributed by atoms with Crippen molar-refractivity contribution >= 4 is 33.5 Å². The van der Waals surface area contributed by atoms with Crippen molar-refractivity contribution in [1.29, 1.82) is 0 Å². The van der Waals surface area contributed by atoms with Gasteiger partial charge in [0.25, 0.3) is 0 Å². The van der Waals surface area contributed by atoms with Crippen LogP contribution in [-0.2, 0) is 0 Å². The van der Waals surface area contributed by atoms with Crippen molar-refractivity contribution in [2.24, 2.45) is 0 Å². The zero-order valence-electron chi connectivity index (χ0n) is 8.95. The largest absolute Gasteiger partial charge is 0.437 e. The molecule has 2 aromatic rings. The number of aromatic nitrogens is 2. The topological polar surface area (TPSA) is 47.0 Å². The lowest BCUT2D eigenvalue weighted by atomic mass is 10.3. The second-order valence-corrected chi connectivity index (χ2v) is 4.47. The van der Waals surface area contributed by atoms with Crippen LogP contribution in [0.25, 0.3) is 0 Å². The molecule has 17 heavy (non-hydrogen) atoms. The Morgan fingerprint density at radius 2 is 2.18 bits per heavy atom. The van der Waals surface area contributed by atoms with Crippen LogP contribution in [0.1, 0.15) is 0 Å². The van der Waals surface area contributed by atoms with Crippen LogP contribution in [0, 0.1) is 0 Å². The van der Waals surface area contributed by atoms with Crippen LogP contribution < -0.4 is 10.1 Å². The van der Waals surface area contributed by atoms with E-state index in [2.05, 4.69) is 31.2 Å². The summed E-state index contributed by atoms with van der Waals surface area (Å²) in [6.45, 7) is 0. The molecule has 0 atom stereocenters. The van der Waals surface area contributed by atoms with Gasteiger partial charge in [0.15, 0.2) is 0 Å². The van der Waals surface area contributed by atoms with Gasteiger partial charge in [-0.05, 0) is 18.2 Å². The van der Waals surface area contributed by atoms with Crippen molar-refractivity contribution in [3.8, 4) is 11.6 Å². The molecule has 0 amide bonds. The van der Waals surface area contributed by atoms with Crippen LogP contribution >= 0.6 is 27.5 Å². The Hall–Kier alpha value is -1.33. The first-order valence-electron chi connectivity index (χ1n) is 4.83. The number of anilines is 1. The summed E-state index contributed by atoms with van der Waals surface area (Å²) >= 11 is 9.37. The van der Waals surface area contributed by atoms with E-state index in [1.165, 1.54) is 0 Å². The van der Waals surface area contributed by atoms with Crippen molar-refractivity contribution < 1.29 is 4.74 Å². The predicted molar refractivity (Wildman–Crippen MR) is 70.8 cm³/mol. The lowest BCUT2D eigenvalue weighted by Crippen LogP contribution is -1.97. The molecule has 0 aliphatic carbocycles. The first-order valence-corrected chi connectivity index (χ1v) is 6.00. The quantitative estimate of drug-likeness (QED) is 0.938. The lowest BCUT2D eigenvalue weighted by molar-refractivity contribution is 0.462. The first-order chi connectivity index (χ1) is 8.19. The Balaban J connectivity index is 2.25. The number of benzene rings is 1. The minimum atomic E-state index is 0.438. The number of rotatable bonds is 3. The van der Waals surface area contributed by atoms with E-state index >= 15 is 0 Å². The van der Waals surface area contributed by atoms with Gasteiger partial charge in [-0.25, -0.2) is 4.98 Å². The summed E-state index contributed by atoms with van der Waals surface area (Å²) in [4.78, 5) is 8.13. The lowest BCUT2D eigenvalue weighted by Gasteiger charge is -2.07. The number of nitrogens with zero attached hydrogens (tertiary/aromatic N) is 2. The Morgan fingerprint density at radius 3 is 2.88 bits per heavy atom. The Labute approximate surface area is 112 Å². The van der Waals surface area contributed by atoms with Crippen molar-refractivity contribution in [3.63, 3.8) is 0 Å².